The third-order valence-electron chi connectivity index (χ3n) is 2.95. The first kappa shape index (κ1) is 12.8. The van der Waals surface area contributed by atoms with Crippen LogP contribution in [0, 0.1) is 0 Å². The summed E-state index contributed by atoms with van der Waals surface area (Å²) in [6, 6.07) is 16.6. The van der Waals surface area contributed by atoms with Gasteiger partial charge in [0.1, 0.15) is 0 Å². The lowest BCUT2D eigenvalue weighted by molar-refractivity contribution is 0.168. The van der Waals surface area contributed by atoms with Crippen molar-refractivity contribution in [2.45, 2.75) is 13.2 Å². The summed E-state index contributed by atoms with van der Waals surface area (Å²) in [4.78, 5) is 0. The van der Waals surface area contributed by atoms with Crippen molar-refractivity contribution in [2.24, 2.45) is 0 Å². The molecule has 0 radical (unpaired) electrons. The Labute approximate surface area is 108 Å². The van der Waals surface area contributed by atoms with Gasteiger partial charge in [-0.1, -0.05) is 48.5 Å². The van der Waals surface area contributed by atoms with Crippen LogP contribution in [0.2, 0.25) is 0 Å². The molecule has 0 heterocycles. The van der Waals surface area contributed by atoms with Crippen LogP contribution < -0.4 is 0 Å². The van der Waals surface area contributed by atoms with Crippen LogP contribution >= 0.6 is 0 Å². The molecule has 0 atom stereocenters. The highest BCUT2D eigenvalue weighted by Crippen LogP contribution is 2.27. The molecule has 2 aromatic carbocycles. The minimum absolute atomic E-state index is 0.601. The minimum Gasteiger partial charge on any atom is -0.380 e. The van der Waals surface area contributed by atoms with E-state index in [0.29, 0.717) is 13.2 Å². The van der Waals surface area contributed by atoms with E-state index in [1.165, 1.54) is 22.3 Å². The molecule has 0 aliphatic carbocycles. The van der Waals surface area contributed by atoms with Crippen molar-refractivity contribution >= 4 is 0 Å². The second kappa shape index (κ2) is 6.34. The topological polar surface area (TPSA) is 18.5 Å². The van der Waals surface area contributed by atoms with Crippen LogP contribution in [-0.4, -0.2) is 14.2 Å². The van der Waals surface area contributed by atoms with Crippen LogP contribution in [0.25, 0.3) is 11.1 Å². The van der Waals surface area contributed by atoms with E-state index in [4.69, 9.17) is 9.47 Å². The Kier molecular flexibility index (Phi) is 4.51. The van der Waals surface area contributed by atoms with Crippen molar-refractivity contribution in [1.29, 1.82) is 0 Å². The van der Waals surface area contributed by atoms with Gasteiger partial charge in [0.15, 0.2) is 0 Å². The Balaban J connectivity index is 2.49. The molecule has 18 heavy (non-hydrogen) atoms. The SMILES string of the molecule is COCc1cccc(-c2ccccc2)c1COC. The summed E-state index contributed by atoms with van der Waals surface area (Å²) in [6.45, 7) is 1.21. The monoisotopic (exact) mass is 242 g/mol. The zero-order valence-electron chi connectivity index (χ0n) is 10.8. The second-order valence-corrected chi connectivity index (χ2v) is 4.18. The lowest BCUT2D eigenvalue weighted by Crippen LogP contribution is -2.00. The molecule has 0 fully saturated rings. The molecule has 2 heteroatoms. The normalized spacial score (nSPS) is 10.6. The number of ether oxygens (including phenoxy) is 2. The minimum atomic E-state index is 0.601. The van der Waals surface area contributed by atoms with Crippen LogP contribution in [0.5, 0.6) is 0 Å². The van der Waals surface area contributed by atoms with E-state index in [0.717, 1.165) is 0 Å². The summed E-state index contributed by atoms with van der Waals surface area (Å²) in [5.74, 6) is 0. The summed E-state index contributed by atoms with van der Waals surface area (Å²) in [5, 5.41) is 0. The molecule has 0 aliphatic heterocycles. The Bertz CT molecular complexity index is 492. The molecular weight excluding hydrogens is 224 g/mol. The number of hydrogen-bond acceptors (Lipinski definition) is 2. The molecule has 0 aliphatic rings. The molecule has 0 saturated heterocycles. The number of methoxy groups -OCH3 is 2. The number of benzene rings is 2. The quantitative estimate of drug-likeness (QED) is 0.796. The van der Waals surface area contributed by atoms with E-state index in [9.17, 15) is 0 Å². The van der Waals surface area contributed by atoms with Crippen LogP contribution in [-0.2, 0) is 22.7 Å². The van der Waals surface area contributed by atoms with Gasteiger partial charge in [0.2, 0.25) is 0 Å². The lowest BCUT2D eigenvalue weighted by Gasteiger charge is -2.14. The van der Waals surface area contributed by atoms with Crippen LogP contribution in [0.4, 0.5) is 0 Å². The molecular formula is C16H18O2. The Morgan fingerprint density at radius 3 is 2.17 bits per heavy atom. The van der Waals surface area contributed by atoms with Gasteiger partial charge in [0.25, 0.3) is 0 Å². The van der Waals surface area contributed by atoms with Gasteiger partial charge in [0, 0.05) is 14.2 Å². The molecule has 94 valence electrons. The Morgan fingerprint density at radius 1 is 0.778 bits per heavy atom. The van der Waals surface area contributed by atoms with Gasteiger partial charge in [0.05, 0.1) is 13.2 Å². The van der Waals surface area contributed by atoms with Crippen LogP contribution in [0.15, 0.2) is 48.5 Å². The van der Waals surface area contributed by atoms with Crippen molar-refractivity contribution in [3.05, 3.63) is 59.7 Å². The first-order chi connectivity index (χ1) is 8.86. The highest BCUT2D eigenvalue weighted by Gasteiger charge is 2.09. The molecule has 0 saturated carbocycles. The fourth-order valence-corrected chi connectivity index (χ4v) is 2.13. The average Bonchev–Trinajstić information content (AvgIpc) is 2.42. The predicted octanol–water partition coefficient (Wildman–Crippen LogP) is 3.65. The van der Waals surface area contributed by atoms with E-state index >= 15 is 0 Å². The van der Waals surface area contributed by atoms with Crippen molar-refractivity contribution in [3.63, 3.8) is 0 Å². The van der Waals surface area contributed by atoms with Gasteiger partial charge in [-0.3, -0.25) is 0 Å². The molecule has 2 rings (SSSR count). The molecule has 0 aromatic heterocycles. The first-order valence-corrected chi connectivity index (χ1v) is 6.01. The third-order valence-corrected chi connectivity index (χ3v) is 2.95. The second-order valence-electron chi connectivity index (χ2n) is 4.18. The molecule has 2 aromatic rings. The van der Waals surface area contributed by atoms with E-state index in [2.05, 4.69) is 42.5 Å². The Hall–Kier alpha value is -1.64. The zero-order chi connectivity index (χ0) is 12.8. The van der Waals surface area contributed by atoms with Gasteiger partial charge in [-0.15, -0.1) is 0 Å². The largest absolute Gasteiger partial charge is 0.380 e. The standard InChI is InChI=1S/C16H18O2/c1-17-11-14-9-6-10-15(16(14)12-18-2)13-7-4-3-5-8-13/h3-10H,11-12H2,1-2H3. The lowest BCUT2D eigenvalue weighted by atomic mass is 9.96. The zero-order valence-corrected chi connectivity index (χ0v) is 10.8. The third kappa shape index (κ3) is 2.78. The van der Waals surface area contributed by atoms with Gasteiger partial charge < -0.3 is 9.47 Å². The number of rotatable bonds is 5. The summed E-state index contributed by atoms with van der Waals surface area (Å²) in [6.07, 6.45) is 0. The first-order valence-electron chi connectivity index (χ1n) is 6.01. The maximum Gasteiger partial charge on any atom is 0.0722 e. The highest BCUT2D eigenvalue weighted by atomic mass is 16.5. The van der Waals surface area contributed by atoms with Crippen molar-refractivity contribution in [2.75, 3.05) is 14.2 Å². The molecule has 0 spiro atoms. The smallest absolute Gasteiger partial charge is 0.0722 e. The van der Waals surface area contributed by atoms with E-state index in [1.54, 1.807) is 14.2 Å². The predicted molar refractivity (Wildman–Crippen MR) is 73.3 cm³/mol. The molecule has 0 bridgehead atoms. The number of hydrogen-bond donors (Lipinski definition) is 0. The van der Waals surface area contributed by atoms with Crippen LogP contribution in [0.3, 0.4) is 0 Å². The average molecular weight is 242 g/mol. The molecule has 2 nitrogen and oxygen atoms in total. The van der Waals surface area contributed by atoms with Gasteiger partial charge >= 0.3 is 0 Å². The van der Waals surface area contributed by atoms with E-state index in [1.807, 2.05) is 6.07 Å². The van der Waals surface area contributed by atoms with E-state index < -0.39 is 0 Å². The van der Waals surface area contributed by atoms with Crippen molar-refractivity contribution in [1.82, 2.24) is 0 Å². The Morgan fingerprint density at radius 2 is 1.50 bits per heavy atom. The molecule has 0 N–H and O–H groups in total. The van der Waals surface area contributed by atoms with Gasteiger partial charge in [-0.05, 0) is 22.3 Å². The van der Waals surface area contributed by atoms with Gasteiger partial charge in [-0.25, -0.2) is 0 Å². The fourth-order valence-electron chi connectivity index (χ4n) is 2.13. The van der Waals surface area contributed by atoms with Crippen molar-refractivity contribution in [3.8, 4) is 11.1 Å². The van der Waals surface area contributed by atoms with Crippen LogP contribution in [0.1, 0.15) is 11.1 Å². The van der Waals surface area contributed by atoms with E-state index in [-0.39, 0.29) is 0 Å². The maximum atomic E-state index is 5.32. The summed E-state index contributed by atoms with van der Waals surface area (Å²) in [5.41, 5.74) is 4.81. The fraction of sp³-hybridized carbons (Fsp3) is 0.250. The molecule has 0 amide bonds. The maximum absolute atomic E-state index is 5.32. The van der Waals surface area contributed by atoms with Crippen molar-refractivity contribution < 1.29 is 9.47 Å². The highest BCUT2D eigenvalue weighted by molar-refractivity contribution is 5.68. The summed E-state index contributed by atoms with van der Waals surface area (Å²) < 4.78 is 10.6. The van der Waals surface area contributed by atoms with Gasteiger partial charge in [-0.2, -0.15) is 0 Å². The molecule has 0 unspecified atom stereocenters. The summed E-state index contributed by atoms with van der Waals surface area (Å²) >= 11 is 0. The summed E-state index contributed by atoms with van der Waals surface area (Å²) in [7, 11) is 3.43.